The first kappa shape index (κ1) is 17.5. The van der Waals surface area contributed by atoms with E-state index in [1.807, 2.05) is 43.8 Å². The number of aryl methyl sites for hydroxylation is 3. The summed E-state index contributed by atoms with van der Waals surface area (Å²) >= 11 is 6.28. The van der Waals surface area contributed by atoms with Gasteiger partial charge in [-0.05, 0) is 37.6 Å². The van der Waals surface area contributed by atoms with Gasteiger partial charge < -0.3 is 4.74 Å². The molecule has 0 atom stereocenters. The first-order chi connectivity index (χ1) is 13.0. The summed E-state index contributed by atoms with van der Waals surface area (Å²) in [5.41, 5.74) is 5.81. The van der Waals surface area contributed by atoms with Crippen LogP contribution in [0.5, 0.6) is 5.75 Å². The van der Waals surface area contributed by atoms with E-state index >= 15 is 0 Å². The maximum absolute atomic E-state index is 6.28. The van der Waals surface area contributed by atoms with Gasteiger partial charge in [-0.15, -0.1) is 0 Å². The van der Waals surface area contributed by atoms with E-state index in [0.717, 1.165) is 44.7 Å². The summed E-state index contributed by atoms with van der Waals surface area (Å²) < 4.78 is 7.99. The van der Waals surface area contributed by atoms with Gasteiger partial charge in [-0.1, -0.05) is 23.7 Å². The molecule has 4 rings (SSSR count). The first-order valence-electron chi connectivity index (χ1n) is 8.65. The molecule has 0 spiro atoms. The minimum absolute atomic E-state index is 0.364. The molecule has 0 saturated carbocycles. The number of rotatable bonds is 4. The Balaban J connectivity index is 1.79. The molecule has 0 aliphatic heterocycles. The Hall–Kier alpha value is -2.92. The number of halogens is 1. The van der Waals surface area contributed by atoms with Gasteiger partial charge in [0.05, 0.1) is 10.7 Å². The fraction of sp³-hybridized carbons (Fsp3) is 0.190. The van der Waals surface area contributed by atoms with Crippen LogP contribution in [0.25, 0.3) is 22.2 Å². The quantitative estimate of drug-likeness (QED) is 0.508. The smallest absolute Gasteiger partial charge is 0.146 e. The Morgan fingerprint density at radius 3 is 2.74 bits per heavy atom. The molecule has 3 aromatic heterocycles. The van der Waals surface area contributed by atoms with Crippen molar-refractivity contribution in [3.8, 4) is 17.0 Å². The Morgan fingerprint density at radius 1 is 1.15 bits per heavy atom. The molecule has 0 fully saturated rings. The van der Waals surface area contributed by atoms with Crippen LogP contribution in [-0.4, -0.2) is 19.7 Å². The molecule has 0 unspecified atom stereocenters. The van der Waals surface area contributed by atoms with Crippen LogP contribution in [0.15, 0.2) is 48.9 Å². The van der Waals surface area contributed by atoms with E-state index < -0.39 is 0 Å². The van der Waals surface area contributed by atoms with E-state index in [0.29, 0.717) is 11.6 Å². The Labute approximate surface area is 162 Å². The lowest BCUT2D eigenvalue weighted by Crippen LogP contribution is -2.02. The second kappa shape index (κ2) is 7.00. The second-order valence-corrected chi connectivity index (χ2v) is 6.92. The Morgan fingerprint density at radius 2 is 2.00 bits per heavy atom. The van der Waals surface area contributed by atoms with Crippen molar-refractivity contribution in [1.82, 2.24) is 19.7 Å². The van der Waals surface area contributed by atoms with Crippen molar-refractivity contribution in [2.24, 2.45) is 7.05 Å². The zero-order valence-corrected chi connectivity index (χ0v) is 16.2. The highest BCUT2D eigenvalue weighted by atomic mass is 35.5. The van der Waals surface area contributed by atoms with Gasteiger partial charge in [-0.25, -0.2) is 4.98 Å². The second-order valence-electron chi connectivity index (χ2n) is 6.51. The van der Waals surface area contributed by atoms with Gasteiger partial charge in [0.25, 0.3) is 0 Å². The summed E-state index contributed by atoms with van der Waals surface area (Å²) in [6.07, 6.45) is 5.22. The van der Waals surface area contributed by atoms with E-state index in [1.54, 1.807) is 18.6 Å². The largest absolute Gasteiger partial charge is 0.487 e. The lowest BCUT2D eigenvalue weighted by Gasteiger charge is -2.14. The van der Waals surface area contributed by atoms with Crippen molar-refractivity contribution in [3.63, 3.8) is 0 Å². The molecule has 0 saturated heterocycles. The highest BCUT2D eigenvalue weighted by Crippen LogP contribution is 2.33. The summed E-state index contributed by atoms with van der Waals surface area (Å²) in [6.45, 7) is 4.33. The molecule has 0 aliphatic rings. The average Bonchev–Trinajstić information content (AvgIpc) is 3.06. The molecule has 0 radical (unpaired) electrons. The van der Waals surface area contributed by atoms with Crippen molar-refractivity contribution in [1.29, 1.82) is 0 Å². The van der Waals surface area contributed by atoms with Gasteiger partial charge in [0.2, 0.25) is 0 Å². The number of ether oxygens (including phenoxy) is 1. The summed E-state index contributed by atoms with van der Waals surface area (Å²) in [6, 6.07) is 10.1. The third-order valence-corrected chi connectivity index (χ3v) is 4.95. The number of hydrogen-bond acceptors (Lipinski definition) is 4. The highest BCUT2D eigenvalue weighted by Gasteiger charge is 2.14. The van der Waals surface area contributed by atoms with Gasteiger partial charge in [-0.2, -0.15) is 5.10 Å². The number of para-hydroxylation sites is 1. The maximum Gasteiger partial charge on any atom is 0.146 e. The van der Waals surface area contributed by atoms with Crippen LogP contribution < -0.4 is 4.74 Å². The fourth-order valence-electron chi connectivity index (χ4n) is 3.21. The molecule has 5 nitrogen and oxygen atoms in total. The summed E-state index contributed by atoms with van der Waals surface area (Å²) in [5, 5.41) is 5.93. The molecule has 136 valence electrons. The van der Waals surface area contributed by atoms with Gasteiger partial charge in [0.15, 0.2) is 0 Å². The molecule has 0 N–H and O–H groups in total. The average molecular weight is 379 g/mol. The van der Waals surface area contributed by atoms with Crippen LogP contribution in [0.3, 0.4) is 0 Å². The van der Waals surface area contributed by atoms with Crippen LogP contribution in [-0.2, 0) is 13.7 Å². The van der Waals surface area contributed by atoms with Gasteiger partial charge in [0, 0.05) is 47.8 Å². The van der Waals surface area contributed by atoms with Crippen LogP contribution in [0.2, 0.25) is 5.02 Å². The molecular formula is C21H19ClN4O. The van der Waals surface area contributed by atoms with Gasteiger partial charge in [-0.3, -0.25) is 9.67 Å². The molecule has 27 heavy (non-hydrogen) atoms. The minimum Gasteiger partial charge on any atom is -0.487 e. The van der Waals surface area contributed by atoms with Crippen molar-refractivity contribution in [3.05, 3.63) is 70.8 Å². The van der Waals surface area contributed by atoms with Crippen molar-refractivity contribution in [2.75, 3.05) is 0 Å². The summed E-state index contributed by atoms with van der Waals surface area (Å²) in [4.78, 5) is 8.83. The van der Waals surface area contributed by atoms with Crippen LogP contribution in [0.4, 0.5) is 0 Å². The van der Waals surface area contributed by atoms with Crippen molar-refractivity contribution in [2.45, 2.75) is 20.5 Å². The van der Waals surface area contributed by atoms with Gasteiger partial charge in [0.1, 0.15) is 17.9 Å². The van der Waals surface area contributed by atoms with Crippen LogP contribution in [0, 0.1) is 13.8 Å². The zero-order valence-electron chi connectivity index (χ0n) is 15.4. The number of aromatic nitrogens is 4. The topological polar surface area (TPSA) is 52.8 Å². The van der Waals surface area contributed by atoms with E-state index in [9.17, 15) is 0 Å². The highest BCUT2D eigenvalue weighted by molar-refractivity contribution is 6.31. The van der Waals surface area contributed by atoms with Crippen LogP contribution in [0.1, 0.15) is 16.8 Å². The Kier molecular flexibility index (Phi) is 4.54. The van der Waals surface area contributed by atoms with Crippen molar-refractivity contribution < 1.29 is 4.74 Å². The molecular weight excluding hydrogens is 360 g/mol. The van der Waals surface area contributed by atoms with Crippen LogP contribution >= 0.6 is 11.6 Å². The summed E-state index contributed by atoms with van der Waals surface area (Å²) in [7, 11) is 1.94. The van der Waals surface area contributed by atoms with Crippen molar-refractivity contribution >= 4 is 22.5 Å². The van der Waals surface area contributed by atoms with E-state index in [2.05, 4.69) is 22.2 Å². The monoisotopic (exact) mass is 378 g/mol. The SMILES string of the molecule is Cc1cc(-c2ccnn2C)c2cccc(OCc3c(C)cncc3Cl)c2n1. The third-order valence-electron chi connectivity index (χ3n) is 4.62. The number of hydrogen-bond donors (Lipinski definition) is 0. The first-order valence-corrected chi connectivity index (χ1v) is 9.03. The fourth-order valence-corrected chi connectivity index (χ4v) is 3.47. The summed E-state index contributed by atoms with van der Waals surface area (Å²) in [5.74, 6) is 0.729. The third kappa shape index (κ3) is 3.26. The molecule has 0 bridgehead atoms. The molecule has 0 amide bonds. The molecule has 4 aromatic rings. The minimum atomic E-state index is 0.364. The number of nitrogens with zero attached hydrogens (tertiary/aromatic N) is 4. The zero-order chi connectivity index (χ0) is 19.0. The lowest BCUT2D eigenvalue weighted by atomic mass is 10.0. The maximum atomic E-state index is 6.28. The normalized spacial score (nSPS) is 11.1. The number of fused-ring (bicyclic) bond motifs is 1. The molecule has 1 aromatic carbocycles. The van der Waals surface area contributed by atoms with E-state index in [-0.39, 0.29) is 0 Å². The Bertz CT molecular complexity index is 1120. The van der Waals surface area contributed by atoms with Gasteiger partial charge >= 0.3 is 0 Å². The molecule has 0 aliphatic carbocycles. The standard InChI is InChI=1S/C21H19ClN4O/c1-13-10-23-11-18(22)17(13)12-27-20-6-4-5-15-16(9-14(2)25-21(15)20)19-7-8-24-26(19)3/h4-11H,12H2,1-3H3. The lowest BCUT2D eigenvalue weighted by molar-refractivity contribution is 0.308. The molecule has 3 heterocycles. The van der Waals surface area contributed by atoms with E-state index in [1.165, 1.54) is 0 Å². The predicted molar refractivity (Wildman–Crippen MR) is 107 cm³/mol. The predicted octanol–water partition coefficient (Wildman–Crippen LogP) is 4.88. The molecule has 6 heteroatoms. The van der Waals surface area contributed by atoms with E-state index in [4.69, 9.17) is 21.3 Å². The number of pyridine rings is 2. The number of benzene rings is 1.